The number of fused-ring (bicyclic) bond motifs is 1. The Hall–Kier alpha value is -2.33. The van der Waals surface area contributed by atoms with E-state index in [0.717, 1.165) is 53.2 Å². The minimum atomic E-state index is -4.57. The SMILES string of the molecule is CC1(C)Cc2nc(C3CCOCC3)c([C@@H](O)c3ccc(C(F)(F)F)nc3)c(C3=CCOCC3)c2C(O)C1. The van der Waals surface area contributed by atoms with Gasteiger partial charge in [-0.15, -0.1) is 0 Å². The molecule has 0 saturated carbocycles. The molecule has 1 fully saturated rings. The highest BCUT2D eigenvalue weighted by Crippen LogP contribution is 2.48. The molecule has 0 bridgehead atoms. The lowest BCUT2D eigenvalue weighted by Gasteiger charge is -2.38. The van der Waals surface area contributed by atoms with Gasteiger partial charge in [-0.05, 0) is 54.7 Å². The Morgan fingerprint density at radius 2 is 1.86 bits per heavy atom. The number of rotatable bonds is 4. The van der Waals surface area contributed by atoms with Gasteiger partial charge in [0.25, 0.3) is 0 Å². The molecular formula is C28H33F3N2O4. The molecule has 1 aliphatic carbocycles. The number of aliphatic hydroxyl groups excluding tert-OH is 2. The van der Waals surface area contributed by atoms with Crippen LogP contribution in [0.25, 0.3) is 5.57 Å². The average molecular weight is 519 g/mol. The topological polar surface area (TPSA) is 84.7 Å². The van der Waals surface area contributed by atoms with E-state index in [4.69, 9.17) is 14.5 Å². The van der Waals surface area contributed by atoms with Crippen LogP contribution >= 0.6 is 0 Å². The van der Waals surface area contributed by atoms with Crippen molar-refractivity contribution < 1.29 is 32.9 Å². The van der Waals surface area contributed by atoms with Crippen molar-refractivity contribution in [1.29, 1.82) is 0 Å². The predicted molar refractivity (Wildman–Crippen MR) is 131 cm³/mol. The third kappa shape index (κ3) is 5.32. The number of nitrogens with zero attached hydrogens (tertiary/aromatic N) is 2. The molecule has 2 aliphatic heterocycles. The fourth-order valence-electron chi connectivity index (χ4n) is 5.89. The van der Waals surface area contributed by atoms with Gasteiger partial charge in [0, 0.05) is 47.7 Å². The summed E-state index contributed by atoms with van der Waals surface area (Å²) in [5.74, 6) is 0.0208. The number of pyridine rings is 2. The van der Waals surface area contributed by atoms with Crippen molar-refractivity contribution in [3.05, 3.63) is 63.7 Å². The van der Waals surface area contributed by atoms with Gasteiger partial charge in [0.15, 0.2) is 0 Å². The fraction of sp³-hybridized carbons (Fsp3) is 0.571. The first kappa shape index (κ1) is 26.3. The molecule has 0 amide bonds. The van der Waals surface area contributed by atoms with Crippen molar-refractivity contribution in [3.8, 4) is 0 Å². The molecule has 6 nitrogen and oxygen atoms in total. The van der Waals surface area contributed by atoms with Crippen LogP contribution in [0.3, 0.4) is 0 Å². The van der Waals surface area contributed by atoms with E-state index in [1.165, 1.54) is 6.07 Å². The standard InChI is InChI=1S/C28H33F3N2O4/c1-27(2)13-19-23(20(34)14-27)22(16-5-9-36-10-6-16)24(25(33-19)17-7-11-37-12-8-17)26(35)18-3-4-21(32-15-18)28(29,30)31/h3-5,15,17,20,26,34-35H,6-14H2,1-2H3/t20?,26-/m0/s1. The summed E-state index contributed by atoms with van der Waals surface area (Å²) in [6, 6.07) is 2.17. The Bertz CT molecular complexity index is 1170. The maximum absolute atomic E-state index is 13.2. The second kappa shape index (κ2) is 10.1. The second-order valence-corrected chi connectivity index (χ2v) is 11.0. The zero-order valence-corrected chi connectivity index (χ0v) is 21.1. The van der Waals surface area contributed by atoms with Crippen LogP contribution in [0.1, 0.15) is 97.0 Å². The zero-order chi connectivity index (χ0) is 26.4. The van der Waals surface area contributed by atoms with Crippen molar-refractivity contribution >= 4 is 5.57 Å². The van der Waals surface area contributed by atoms with Crippen LogP contribution in [-0.4, -0.2) is 46.6 Å². The molecule has 2 N–H and O–H groups in total. The maximum atomic E-state index is 13.2. The van der Waals surface area contributed by atoms with Gasteiger partial charge in [0.05, 0.1) is 25.0 Å². The first-order valence-corrected chi connectivity index (χ1v) is 12.9. The Labute approximate surface area is 214 Å². The highest BCUT2D eigenvalue weighted by atomic mass is 19.4. The molecule has 1 unspecified atom stereocenters. The smallest absolute Gasteiger partial charge is 0.388 e. The lowest BCUT2D eigenvalue weighted by atomic mass is 9.71. The largest absolute Gasteiger partial charge is 0.433 e. The van der Waals surface area contributed by atoms with Gasteiger partial charge in [-0.3, -0.25) is 9.97 Å². The molecule has 3 aliphatic rings. The van der Waals surface area contributed by atoms with Gasteiger partial charge in [0.1, 0.15) is 11.8 Å². The lowest BCUT2D eigenvalue weighted by molar-refractivity contribution is -0.141. The Balaban J connectivity index is 1.74. The Morgan fingerprint density at radius 3 is 2.49 bits per heavy atom. The zero-order valence-electron chi connectivity index (χ0n) is 21.1. The number of hydrogen-bond acceptors (Lipinski definition) is 6. The molecule has 0 spiro atoms. The molecule has 2 atom stereocenters. The third-order valence-corrected chi connectivity index (χ3v) is 7.66. The van der Waals surface area contributed by atoms with E-state index in [1.54, 1.807) is 0 Å². The summed E-state index contributed by atoms with van der Waals surface area (Å²) in [7, 11) is 0. The van der Waals surface area contributed by atoms with Crippen LogP contribution in [0.2, 0.25) is 0 Å². The summed E-state index contributed by atoms with van der Waals surface area (Å²) in [5.41, 5.74) is 3.66. The van der Waals surface area contributed by atoms with Crippen LogP contribution in [0.15, 0.2) is 24.4 Å². The Kier molecular flexibility index (Phi) is 7.17. The number of hydrogen-bond donors (Lipinski definition) is 2. The van der Waals surface area contributed by atoms with E-state index in [1.807, 2.05) is 6.08 Å². The molecule has 2 aromatic rings. The van der Waals surface area contributed by atoms with Gasteiger partial charge in [-0.2, -0.15) is 13.2 Å². The number of aliphatic hydroxyl groups is 2. The van der Waals surface area contributed by atoms with Crippen molar-refractivity contribution in [2.45, 2.75) is 70.3 Å². The second-order valence-electron chi connectivity index (χ2n) is 11.0. The van der Waals surface area contributed by atoms with Crippen LogP contribution in [0.4, 0.5) is 13.2 Å². The number of alkyl halides is 3. The molecule has 1 saturated heterocycles. The van der Waals surface area contributed by atoms with Crippen molar-refractivity contribution in [2.24, 2.45) is 5.41 Å². The van der Waals surface area contributed by atoms with Gasteiger partial charge in [-0.1, -0.05) is 26.0 Å². The quantitative estimate of drug-likeness (QED) is 0.573. The summed E-state index contributed by atoms with van der Waals surface area (Å²) < 4.78 is 50.6. The molecule has 0 aromatic carbocycles. The van der Waals surface area contributed by atoms with Gasteiger partial charge in [0.2, 0.25) is 0 Å². The molecule has 200 valence electrons. The highest BCUT2D eigenvalue weighted by molar-refractivity contribution is 5.75. The van der Waals surface area contributed by atoms with Crippen molar-refractivity contribution in [2.75, 3.05) is 26.4 Å². The first-order chi connectivity index (χ1) is 17.5. The summed E-state index contributed by atoms with van der Waals surface area (Å²) in [4.78, 5) is 8.70. The molecule has 5 rings (SSSR count). The minimum absolute atomic E-state index is 0.0208. The number of aromatic nitrogens is 2. The normalized spacial score (nSPS) is 23.3. The molecule has 0 radical (unpaired) electrons. The van der Waals surface area contributed by atoms with E-state index >= 15 is 0 Å². The average Bonchev–Trinajstić information content (AvgIpc) is 2.87. The first-order valence-electron chi connectivity index (χ1n) is 12.9. The van der Waals surface area contributed by atoms with Crippen molar-refractivity contribution in [1.82, 2.24) is 9.97 Å². The minimum Gasteiger partial charge on any atom is -0.388 e. The Morgan fingerprint density at radius 1 is 1.11 bits per heavy atom. The fourth-order valence-corrected chi connectivity index (χ4v) is 5.89. The molecule has 4 heterocycles. The summed E-state index contributed by atoms with van der Waals surface area (Å²) >= 11 is 0. The van der Waals surface area contributed by atoms with Gasteiger partial charge < -0.3 is 19.7 Å². The van der Waals surface area contributed by atoms with Crippen LogP contribution in [0.5, 0.6) is 0 Å². The summed E-state index contributed by atoms with van der Waals surface area (Å²) in [6.07, 6.45) is -0.255. The van der Waals surface area contributed by atoms with E-state index in [9.17, 15) is 23.4 Å². The van der Waals surface area contributed by atoms with Crippen molar-refractivity contribution in [3.63, 3.8) is 0 Å². The summed E-state index contributed by atoms with van der Waals surface area (Å²) in [6.45, 7) is 6.28. The highest BCUT2D eigenvalue weighted by Gasteiger charge is 2.39. The van der Waals surface area contributed by atoms with Crippen LogP contribution in [0, 0.1) is 5.41 Å². The molecule has 2 aromatic heterocycles. The van der Waals surface area contributed by atoms with Crippen LogP contribution < -0.4 is 0 Å². The summed E-state index contributed by atoms with van der Waals surface area (Å²) in [5, 5.41) is 23.1. The van der Waals surface area contributed by atoms with Gasteiger partial charge >= 0.3 is 6.18 Å². The third-order valence-electron chi connectivity index (χ3n) is 7.66. The maximum Gasteiger partial charge on any atom is 0.433 e. The predicted octanol–water partition coefficient (Wildman–Crippen LogP) is 5.28. The van der Waals surface area contributed by atoms with E-state index in [2.05, 4.69) is 18.8 Å². The van der Waals surface area contributed by atoms with E-state index in [0.29, 0.717) is 51.3 Å². The molecular weight excluding hydrogens is 485 g/mol. The molecule has 37 heavy (non-hydrogen) atoms. The monoisotopic (exact) mass is 518 g/mol. The molecule has 9 heteroatoms. The van der Waals surface area contributed by atoms with Gasteiger partial charge in [-0.25, -0.2) is 0 Å². The van der Waals surface area contributed by atoms with E-state index < -0.39 is 24.1 Å². The number of ether oxygens (including phenoxy) is 2. The van der Waals surface area contributed by atoms with E-state index in [-0.39, 0.29) is 16.9 Å². The number of halogens is 3. The lowest BCUT2D eigenvalue weighted by Crippen LogP contribution is -2.30. The van der Waals surface area contributed by atoms with Crippen LogP contribution in [-0.2, 0) is 22.1 Å².